The van der Waals surface area contributed by atoms with Gasteiger partial charge < -0.3 is 10.2 Å². The van der Waals surface area contributed by atoms with Crippen molar-refractivity contribution in [3.63, 3.8) is 0 Å². The van der Waals surface area contributed by atoms with E-state index in [1.54, 1.807) is 0 Å². The summed E-state index contributed by atoms with van der Waals surface area (Å²) in [5.74, 6) is 0.889. The van der Waals surface area contributed by atoms with Crippen LogP contribution >= 0.6 is 0 Å². The van der Waals surface area contributed by atoms with E-state index in [0.717, 1.165) is 12.0 Å². The Morgan fingerprint density at radius 2 is 1.75 bits per heavy atom. The van der Waals surface area contributed by atoms with Crippen LogP contribution in [-0.4, -0.2) is 37.1 Å². The largest absolute Gasteiger partial charge is 0.314 e. The third-order valence-electron chi connectivity index (χ3n) is 3.95. The molecule has 2 nitrogen and oxygen atoms in total. The van der Waals surface area contributed by atoms with Gasteiger partial charge in [0.1, 0.15) is 0 Å². The van der Waals surface area contributed by atoms with Crippen molar-refractivity contribution in [2.24, 2.45) is 5.92 Å². The molecule has 2 heteroatoms. The molecule has 0 spiro atoms. The molecular weight excluding hydrogens is 196 g/mol. The minimum absolute atomic E-state index is 0.786. The molecule has 1 N–H and O–H groups in total. The van der Waals surface area contributed by atoms with E-state index < -0.39 is 0 Å². The summed E-state index contributed by atoms with van der Waals surface area (Å²) in [6, 6.07) is 0.786. The van der Waals surface area contributed by atoms with Crippen molar-refractivity contribution in [1.29, 1.82) is 0 Å². The standard InChI is InChI=1S/C14H30N2/c1-4-11-15-14-10-8-7-9-13(14)12-16(5-2)6-3/h13-15H,4-12H2,1-3H3. The van der Waals surface area contributed by atoms with Crippen LogP contribution in [0.3, 0.4) is 0 Å². The lowest BCUT2D eigenvalue weighted by molar-refractivity contribution is 0.178. The zero-order valence-electron chi connectivity index (χ0n) is 11.5. The summed E-state index contributed by atoms with van der Waals surface area (Å²) < 4.78 is 0. The molecule has 0 aliphatic heterocycles. The highest BCUT2D eigenvalue weighted by molar-refractivity contribution is 4.82. The second-order valence-electron chi connectivity index (χ2n) is 5.09. The van der Waals surface area contributed by atoms with Crippen LogP contribution in [0.1, 0.15) is 52.9 Å². The number of nitrogens with one attached hydrogen (secondary N) is 1. The van der Waals surface area contributed by atoms with Crippen LogP contribution in [0.25, 0.3) is 0 Å². The van der Waals surface area contributed by atoms with E-state index in [4.69, 9.17) is 0 Å². The average molecular weight is 226 g/mol. The Labute approximate surface area is 102 Å². The summed E-state index contributed by atoms with van der Waals surface area (Å²) in [5, 5.41) is 3.75. The topological polar surface area (TPSA) is 15.3 Å². The monoisotopic (exact) mass is 226 g/mol. The van der Waals surface area contributed by atoms with Gasteiger partial charge in [-0.25, -0.2) is 0 Å². The summed E-state index contributed by atoms with van der Waals surface area (Å²) in [7, 11) is 0. The van der Waals surface area contributed by atoms with Crippen LogP contribution in [0.5, 0.6) is 0 Å². The van der Waals surface area contributed by atoms with Gasteiger partial charge >= 0.3 is 0 Å². The smallest absolute Gasteiger partial charge is 0.0107 e. The fraction of sp³-hybridized carbons (Fsp3) is 1.00. The molecule has 1 rings (SSSR count). The third kappa shape index (κ3) is 4.42. The first-order valence-corrected chi connectivity index (χ1v) is 7.27. The van der Waals surface area contributed by atoms with Gasteiger partial charge in [0.2, 0.25) is 0 Å². The summed E-state index contributed by atoms with van der Waals surface area (Å²) in [6.07, 6.45) is 6.95. The number of hydrogen-bond donors (Lipinski definition) is 1. The maximum atomic E-state index is 3.75. The molecule has 0 heterocycles. The Balaban J connectivity index is 2.39. The molecule has 1 fully saturated rings. The molecular formula is C14H30N2. The lowest BCUT2D eigenvalue weighted by atomic mass is 9.84. The van der Waals surface area contributed by atoms with Gasteiger partial charge in [-0.3, -0.25) is 0 Å². The van der Waals surface area contributed by atoms with Gasteiger partial charge in [0.15, 0.2) is 0 Å². The van der Waals surface area contributed by atoms with E-state index in [-0.39, 0.29) is 0 Å². The number of rotatable bonds is 7. The Kier molecular flexibility index (Phi) is 7.06. The van der Waals surface area contributed by atoms with Gasteiger partial charge in [-0.05, 0) is 44.8 Å². The summed E-state index contributed by atoms with van der Waals surface area (Å²) in [5.41, 5.74) is 0. The second-order valence-corrected chi connectivity index (χ2v) is 5.09. The Morgan fingerprint density at radius 1 is 1.06 bits per heavy atom. The average Bonchev–Trinajstić information content (AvgIpc) is 2.34. The fourth-order valence-corrected chi connectivity index (χ4v) is 2.84. The minimum Gasteiger partial charge on any atom is -0.314 e. The minimum atomic E-state index is 0.786. The second kappa shape index (κ2) is 8.08. The quantitative estimate of drug-likeness (QED) is 0.718. The highest BCUT2D eigenvalue weighted by Gasteiger charge is 2.25. The molecule has 1 aliphatic carbocycles. The van der Waals surface area contributed by atoms with Crippen LogP contribution in [0.15, 0.2) is 0 Å². The SMILES string of the molecule is CCCNC1CCCCC1CN(CC)CC. The van der Waals surface area contributed by atoms with Gasteiger partial charge in [0.25, 0.3) is 0 Å². The highest BCUT2D eigenvalue weighted by atomic mass is 15.1. The van der Waals surface area contributed by atoms with Crippen LogP contribution in [0, 0.1) is 5.92 Å². The predicted molar refractivity (Wildman–Crippen MR) is 71.8 cm³/mol. The van der Waals surface area contributed by atoms with Crippen molar-refractivity contribution in [2.75, 3.05) is 26.2 Å². The van der Waals surface area contributed by atoms with Crippen LogP contribution in [0.4, 0.5) is 0 Å². The van der Waals surface area contributed by atoms with Crippen molar-refractivity contribution in [1.82, 2.24) is 10.2 Å². The van der Waals surface area contributed by atoms with Crippen molar-refractivity contribution < 1.29 is 0 Å². The first kappa shape index (κ1) is 14.0. The molecule has 96 valence electrons. The van der Waals surface area contributed by atoms with Crippen molar-refractivity contribution >= 4 is 0 Å². The maximum absolute atomic E-state index is 3.75. The van der Waals surface area contributed by atoms with Crippen LogP contribution in [0.2, 0.25) is 0 Å². The molecule has 0 amide bonds. The first-order chi connectivity index (χ1) is 7.81. The normalized spacial score (nSPS) is 26.2. The van der Waals surface area contributed by atoms with E-state index in [1.807, 2.05) is 0 Å². The van der Waals surface area contributed by atoms with E-state index in [9.17, 15) is 0 Å². The molecule has 1 saturated carbocycles. The highest BCUT2D eigenvalue weighted by Crippen LogP contribution is 2.25. The lowest BCUT2D eigenvalue weighted by Crippen LogP contribution is -2.44. The predicted octanol–water partition coefficient (Wildman–Crippen LogP) is 2.89. The summed E-state index contributed by atoms with van der Waals surface area (Å²) in [6.45, 7) is 11.7. The zero-order valence-corrected chi connectivity index (χ0v) is 11.5. The van der Waals surface area contributed by atoms with E-state index in [1.165, 1.54) is 58.3 Å². The van der Waals surface area contributed by atoms with E-state index >= 15 is 0 Å². The fourth-order valence-electron chi connectivity index (χ4n) is 2.84. The molecule has 2 unspecified atom stereocenters. The summed E-state index contributed by atoms with van der Waals surface area (Å²) >= 11 is 0. The third-order valence-corrected chi connectivity index (χ3v) is 3.95. The molecule has 1 aliphatic rings. The molecule has 0 aromatic rings. The van der Waals surface area contributed by atoms with E-state index in [0.29, 0.717) is 0 Å². The molecule has 0 radical (unpaired) electrons. The van der Waals surface area contributed by atoms with Gasteiger partial charge in [-0.15, -0.1) is 0 Å². The maximum Gasteiger partial charge on any atom is 0.0107 e. The van der Waals surface area contributed by atoms with Gasteiger partial charge in [-0.2, -0.15) is 0 Å². The lowest BCUT2D eigenvalue weighted by Gasteiger charge is -2.35. The van der Waals surface area contributed by atoms with Gasteiger partial charge in [0.05, 0.1) is 0 Å². The molecule has 0 saturated heterocycles. The van der Waals surface area contributed by atoms with Gasteiger partial charge in [0, 0.05) is 12.6 Å². The molecule has 0 bridgehead atoms. The number of nitrogens with zero attached hydrogens (tertiary/aromatic N) is 1. The van der Waals surface area contributed by atoms with Crippen molar-refractivity contribution in [2.45, 2.75) is 58.9 Å². The van der Waals surface area contributed by atoms with Crippen LogP contribution in [-0.2, 0) is 0 Å². The van der Waals surface area contributed by atoms with Crippen molar-refractivity contribution in [3.8, 4) is 0 Å². The van der Waals surface area contributed by atoms with E-state index in [2.05, 4.69) is 31.0 Å². The zero-order chi connectivity index (χ0) is 11.8. The molecule has 16 heavy (non-hydrogen) atoms. The number of hydrogen-bond acceptors (Lipinski definition) is 2. The Bertz CT molecular complexity index is 166. The van der Waals surface area contributed by atoms with Crippen molar-refractivity contribution in [3.05, 3.63) is 0 Å². The molecule has 0 aromatic heterocycles. The Morgan fingerprint density at radius 3 is 2.38 bits per heavy atom. The Hall–Kier alpha value is -0.0800. The van der Waals surface area contributed by atoms with Gasteiger partial charge in [-0.1, -0.05) is 33.6 Å². The molecule has 0 aromatic carbocycles. The summed E-state index contributed by atoms with van der Waals surface area (Å²) in [4.78, 5) is 2.58. The first-order valence-electron chi connectivity index (χ1n) is 7.27. The van der Waals surface area contributed by atoms with Crippen LogP contribution < -0.4 is 5.32 Å². The molecule has 2 atom stereocenters.